The van der Waals surface area contributed by atoms with E-state index >= 15 is 0 Å². The van der Waals surface area contributed by atoms with Gasteiger partial charge < -0.3 is 14.8 Å². The van der Waals surface area contributed by atoms with Gasteiger partial charge in [-0.3, -0.25) is 9.59 Å². The van der Waals surface area contributed by atoms with Crippen molar-refractivity contribution < 1.29 is 9.59 Å². The lowest BCUT2D eigenvalue weighted by Crippen LogP contribution is -2.30. The molecule has 148 valence electrons. The Morgan fingerprint density at radius 1 is 0.966 bits per heavy atom. The highest BCUT2D eigenvalue weighted by Gasteiger charge is 2.24. The van der Waals surface area contributed by atoms with E-state index in [1.54, 1.807) is 24.3 Å². The molecule has 1 aliphatic rings. The second-order valence-electron chi connectivity index (χ2n) is 7.87. The molecule has 0 fully saturated rings. The molecule has 0 unspecified atom stereocenters. The molecule has 5 nitrogen and oxygen atoms in total. The Labute approximate surface area is 171 Å². The molecular weight excluding hydrogens is 362 g/mol. The fourth-order valence-corrected chi connectivity index (χ4v) is 3.70. The van der Waals surface area contributed by atoms with Gasteiger partial charge in [0.05, 0.1) is 6.54 Å². The van der Waals surface area contributed by atoms with Crippen LogP contribution in [0.1, 0.15) is 41.9 Å². The molecule has 0 saturated heterocycles. The summed E-state index contributed by atoms with van der Waals surface area (Å²) in [5.41, 5.74) is 4.47. The van der Waals surface area contributed by atoms with Crippen molar-refractivity contribution in [2.75, 3.05) is 10.2 Å². The van der Waals surface area contributed by atoms with Crippen LogP contribution in [-0.4, -0.2) is 16.4 Å². The molecule has 1 N–H and O–H groups in total. The minimum atomic E-state index is -0.0489. The largest absolute Gasteiger partial charge is 0.345 e. The van der Waals surface area contributed by atoms with E-state index in [1.807, 2.05) is 43.0 Å². The molecule has 0 atom stereocenters. The van der Waals surface area contributed by atoms with Crippen LogP contribution in [0.3, 0.4) is 0 Å². The minimum Gasteiger partial charge on any atom is -0.345 e. The number of nitrogens with one attached hydrogen (secondary N) is 1. The summed E-state index contributed by atoms with van der Waals surface area (Å²) in [7, 11) is 0. The van der Waals surface area contributed by atoms with E-state index in [0.717, 1.165) is 23.5 Å². The normalized spacial score (nSPS) is 12.9. The molecule has 0 aliphatic carbocycles. The van der Waals surface area contributed by atoms with Crippen molar-refractivity contribution in [3.8, 4) is 0 Å². The van der Waals surface area contributed by atoms with Gasteiger partial charge in [-0.2, -0.15) is 0 Å². The number of nitrogens with zero attached hydrogens (tertiary/aromatic N) is 2. The van der Waals surface area contributed by atoms with Crippen LogP contribution in [0.5, 0.6) is 0 Å². The van der Waals surface area contributed by atoms with E-state index in [2.05, 4.69) is 28.2 Å². The number of benzene rings is 2. The maximum Gasteiger partial charge on any atom is 0.258 e. The van der Waals surface area contributed by atoms with Gasteiger partial charge in [0, 0.05) is 41.8 Å². The number of aromatic nitrogens is 1. The van der Waals surface area contributed by atoms with Crippen LogP contribution in [0.2, 0.25) is 0 Å². The van der Waals surface area contributed by atoms with Gasteiger partial charge in [-0.05, 0) is 53.9 Å². The third-order valence-corrected chi connectivity index (χ3v) is 5.12. The highest BCUT2D eigenvalue weighted by molar-refractivity contribution is 6.06. The standard InChI is InChI=1S/C24H25N3O2/c1-17(2)14-23(28)25-20-11-9-18(10-12-20)24(29)27-16-21-7-5-13-26(21)15-19-6-3-4-8-22(19)27/h3-13,17H,14-16H2,1-2H3,(H,25,28). The number of fused-ring (bicyclic) bond motifs is 2. The SMILES string of the molecule is CC(C)CC(=O)Nc1ccc(C(=O)N2Cc3cccn3Cc3ccccc32)cc1. The van der Waals surface area contributed by atoms with Gasteiger partial charge in [0.25, 0.3) is 5.91 Å². The van der Waals surface area contributed by atoms with E-state index in [9.17, 15) is 9.59 Å². The highest BCUT2D eigenvalue weighted by atomic mass is 16.2. The van der Waals surface area contributed by atoms with Crippen LogP contribution in [0.25, 0.3) is 0 Å². The number of hydrogen-bond donors (Lipinski definition) is 1. The molecule has 0 radical (unpaired) electrons. The fourth-order valence-electron chi connectivity index (χ4n) is 3.70. The third-order valence-electron chi connectivity index (χ3n) is 5.12. The number of rotatable bonds is 4. The fraction of sp³-hybridized carbons (Fsp3) is 0.250. The van der Waals surface area contributed by atoms with Crippen LogP contribution in [0, 0.1) is 5.92 Å². The third kappa shape index (κ3) is 4.09. The molecule has 1 aliphatic heterocycles. The van der Waals surface area contributed by atoms with Gasteiger partial charge in [0.1, 0.15) is 0 Å². The first kappa shape index (κ1) is 19.0. The molecule has 1 aromatic heterocycles. The van der Waals surface area contributed by atoms with Crippen LogP contribution < -0.4 is 10.2 Å². The van der Waals surface area contributed by atoms with E-state index in [1.165, 1.54) is 0 Å². The Morgan fingerprint density at radius 2 is 1.72 bits per heavy atom. The van der Waals surface area contributed by atoms with E-state index in [4.69, 9.17) is 0 Å². The highest BCUT2D eigenvalue weighted by Crippen LogP contribution is 2.29. The predicted molar refractivity (Wildman–Crippen MR) is 115 cm³/mol. The molecule has 0 bridgehead atoms. The molecular formula is C24H25N3O2. The minimum absolute atomic E-state index is 0.0127. The van der Waals surface area contributed by atoms with Gasteiger partial charge in [0.15, 0.2) is 0 Å². The van der Waals surface area contributed by atoms with Gasteiger partial charge in [-0.15, -0.1) is 0 Å². The maximum absolute atomic E-state index is 13.4. The first-order valence-corrected chi connectivity index (χ1v) is 9.95. The monoisotopic (exact) mass is 387 g/mol. The van der Waals surface area contributed by atoms with Crippen molar-refractivity contribution in [1.82, 2.24) is 4.57 Å². The summed E-state index contributed by atoms with van der Waals surface area (Å²) < 4.78 is 2.18. The number of anilines is 2. The van der Waals surface area contributed by atoms with E-state index in [-0.39, 0.29) is 11.8 Å². The van der Waals surface area contributed by atoms with Crippen LogP contribution in [-0.2, 0) is 17.9 Å². The second-order valence-corrected chi connectivity index (χ2v) is 7.87. The molecule has 3 aromatic rings. The molecule has 2 aromatic carbocycles. The van der Waals surface area contributed by atoms with Crippen molar-refractivity contribution in [3.05, 3.63) is 83.7 Å². The van der Waals surface area contributed by atoms with Gasteiger partial charge in [-0.1, -0.05) is 32.0 Å². The Bertz CT molecular complexity index is 1030. The number of hydrogen-bond acceptors (Lipinski definition) is 2. The van der Waals surface area contributed by atoms with Crippen molar-refractivity contribution in [2.45, 2.75) is 33.4 Å². The molecule has 29 heavy (non-hydrogen) atoms. The van der Waals surface area contributed by atoms with Crippen LogP contribution >= 0.6 is 0 Å². The summed E-state index contributed by atoms with van der Waals surface area (Å²) >= 11 is 0. The maximum atomic E-state index is 13.4. The smallest absolute Gasteiger partial charge is 0.258 e. The molecule has 5 heteroatoms. The summed E-state index contributed by atoms with van der Waals surface area (Å²) in [5.74, 6) is 0.242. The number of amides is 2. The summed E-state index contributed by atoms with van der Waals surface area (Å²) in [6.07, 6.45) is 2.53. The van der Waals surface area contributed by atoms with E-state index in [0.29, 0.717) is 30.1 Å². The summed E-state index contributed by atoms with van der Waals surface area (Å²) in [5, 5.41) is 2.89. The summed E-state index contributed by atoms with van der Waals surface area (Å²) in [6, 6.07) is 19.2. The topological polar surface area (TPSA) is 54.3 Å². The van der Waals surface area contributed by atoms with Crippen LogP contribution in [0.15, 0.2) is 66.9 Å². The van der Waals surface area contributed by atoms with Crippen molar-refractivity contribution >= 4 is 23.2 Å². The summed E-state index contributed by atoms with van der Waals surface area (Å²) in [4.78, 5) is 27.2. The van der Waals surface area contributed by atoms with Crippen LogP contribution in [0.4, 0.5) is 11.4 Å². The Hall–Kier alpha value is -3.34. The lowest BCUT2D eigenvalue weighted by molar-refractivity contribution is -0.116. The quantitative estimate of drug-likeness (QED) is 0.707. The zero-order valence-electron chi connectivity index (χ0n) is 16.8. The average Bonchev–Trinajstić information content (AvgIpc) is 3.06. The first-order chi connectivity index (χ1) is 14.0. The Balaban J connectivity index is 1.58. The number of carbonyl (C=O) groups is 2. The Morgan fingerprint density at radius 3 is 2.48 bits per heavy atom. The molecule has 0 saturated carbocycles. The first-order valence-electron chi connectivity index (χ1n) is 9.95. The van der Waals surface area contributed by atoms with Crippen molar-refractivity contribution in [2.24, 2.45) is 5.92 Å². The Kier molecular flexibility index (Phi) is 5.21. The number of para-hydroxylation sites is 1. The molecule has 2 heterocycles. The lowest BCUT2D eigenvalue weighted by atomic mass is 10.1. The molecule has 0 spiro atoms. The molecule has 4 rings (SSSR count). The predicted octanol–water partition coefficient (Wildman–Crippen LogP) is 4.68. The zero-order valence-corrected chi connectivity index (χ0v) is 16.8. The van der Waals surface area contributed by atoms with Crippen molar-refractivity contribution in [3.63, 3.8) is 0 Å². The van der Waals surface area contributed by atoms with Gasteiger partial charge in [-0.25, -0.2) is 0 Å². The second kappa shape index (κ2) is 7.95. The molecule has 2 amide bonds. The van der Waals surface area contributed by atoms with Gasteiger partial charge in [0.2, 0.25) is 5.91 Å². The lowest BCUT2D eigenvalue weighted by Gasteiger charge is -2.23. The number of carbonyl (C=O) groups excluding carboxylic acids is 2. The van der Waals surface area contributed by atoms with Gasteiger partial charge >= 0.3 is 0 Å². The zero-order chi connectivity index (χ0) is 20.4. The summed E-state index contributed by atoms with van der Waals surface area (Å²) in [6.45, 7) is 5.30. The van der Waals surface area contributed by atoms with Crippen molar-refractivity contribution in [1.29, 1.82) is 0 Å². The van der Waals surface area contributed by atoms with E-state index < -0.39 is 0 Å². The average molecular weight is 387 g/mol.